The first-order chi connectivity index (χ1) is 6.66. The summed E-state index contributed by atoms with van der Waals surface area (Å²) in [5, 5.41) is 0.650. The van der Waals surface area contributed by atoms with Crippen molar-refractivity contribution in [3.8, 4) is 0 Å². The largest absolute Gasteiger partial charge is 0.336 e. The van der Waals surface area contributed by atoms with Crippen molar-refractivity contribution in [2.75, 3.05) is 5.75 Å². The number of rotatable bonds is 1. The summed E-state index contributed by atoms with van der Waals surface area (Å²) < 4.78 is 0. The molecule has 1 saturated heterocycles. The highest BCUT2D eigenvalue weighted by Crippen LogP contribution is 2.48. The lowest BCUT2D eigenvalue weighted by molar-refractivity contribution is 0.207. The third-order valence-electron chi connectivity index (χ3n) is 3.12. The van der Waals surface area contributed by atoms with Crippen molar-refractivity contribution in [2.24, 2.45) is 5.92 Å². The summed E-state index contributed by atoms with van der Waals surface area (Å²) >= 11 is 2.03. The van der Waals surface area contributed by atoms with Gasteiger partial charge >= 0.3 is 0 Å². The van der Waals surface area contributed by atoms with Crippen molar-refractivity contribution in [2.45, 2.75) is 26.1 Å². The molecule has 0 aromatic rings. The third kappa shape index (κ3) is 1.24. The molecule has 2 heteroatoms. The Morgan fingerprint density at radius 3 is 2.93 bits per heavy atom. The molecule has 2 aliphatic rings. The quantitative estimate of drug-likeness (QED) is 0.648. The van der Waals surface area contributed by atoms with Crippen LogP contribution < -0.4 is 0 Å². The minimum Gasteiger partial charge on any atom is -0.336 e. The number of fused-ring (bicyclic) bond motifs is 1. The molecule has 76 valence electrons. The van der Waals surface area contributed by atoms with Crippen molar-refractivity contribution in [3.63, 3.8) is 0 Å². The summed E-state index contributed by atoms with van der Waals surface area (Å²) in [5.74, 6) is 1.80. The van der Waals surface area contributed by atoms with E-state index < -0.39 is 0 Å². The fraction of sp³-hybridized carbons (Fsp3) is 0.500. The molecule has 0 saturated carbocycles. The predicted molar refractivity (Wildman–Crippen MR) is 63.9 cm³/mol. The van der Waals surface area contributed by atoms with E-state index in [1.54, 1.807) is 0 Å². The molecule has 0 aliphatic carbocycles. The molecule has 1 fully saturated rings. The normalized spacial score (nSPS) is 32.2. The number of nitrogens with zero attached hydrogens (tertiary/aromatic N) is 1. The van der Waals surface area contributed by atoms with E-state index in [1.165, 1.54) is 17.0 Å². The van der Waals surface area contributed by atoms with E-state index in [0.29, 0.717) is 11.3 Å². The standard InChI is InChI=1S/C12H17NS/c1-5-6-11-7-14-12-8(2)9(3)13(12)10(11)4/h5-6,8,12H,3,7H2,1-2,4H3/b6-5+. The van der Waals surface area contributed by atoms with E-state index in [9.17, 15) is 0 Å². The van der Waals surface area contributed by atoms with Crippen molar-refractivity contribution < 1.29 is 0 Å². The number of thioether (sulfide) groups is 1. The average molecular weight is 207 g/mol. The Morgan fingerprint density at radius 1 is 1.57 bits per heavy atom. The van der Waals surface area contributed by atoms with Gasteiger partial charge in [-0.1, -0.05) is 25.7 Å². The SMILES string of the molecule is C=C1C(C)C2SCC(/C=C/C)=C(C)N12. The van der Waals surface area contributed by atoms with E-state index in [1.807, 2.05) is 11.8 Å². The van der Waals surface area contributed by atoms with Crippen LogP contribution in [0.3, 0.4) is 0 Å². The van der Waals surface area contributed by atoms with Crippen LogP contribution in [0.1, 0.15) is 20.8 Å². The number of allylic oxidation sites excluding steroid dienone is 3. The molecule has 0 aromatic carbocycles. The van der Waals surface area contributed by atoms with Crippen molar-refractivity contribution in [3.05, 3.63) is 35.7 Å². The maximum Gasteiger partial charge on any atom is 0.0876 e. The average Bonchev–Trinajstić information content (AvgIpc) is 2.20. The molecule has 14 heavy (non-hydrogen) atoms. The summed E-state index contributed by atoms with van der Waals surface area (Å²) in [7, 11) is 0. The summed E-state index contributed by atoms with van der Waals surface area (Å²) in [6.45, 7) is 10.7. The van der Waals surface area contributed by atoms with Crippen LogP contribution in [0.5, 0.6) is 0 Å². The maximum absolute atomic E-state index is 4.13. The Hall–Kier alpha value is -0.630. The molecule has 2 heterocycles. The summed E-state index contributed by atoms with van der Waals surface area (Å²) in [4.78, 5) is 2.38. The lowest BCUT2D eigenvalue weighted by atomic mass is 9.95. The van der Waals surface area contributed by atoms with Gasteiger partial charge in [-0.15, -0.1) is 11.8 Å². The Balaban J connectivity index is 2.28. The van der Waals surface area contributed by atoms with Crippen LogP contribution in [0.4, 0.5) is 0 Å². The van der Waals surface area contributed by atoms with Gasteiger partial charge in [-0.3, -0.25) is 0 Å². The lowest BCUT2D eigenvalue weighted by Gasteiger charge is -2.53. The molecule has 0 amide bonds. The second kappa shape index (κ2) is 3.50. The van der Waals surface area contributed by atoms with Crippen LogP contribution in [-0.4, -0.2) is 16.0 Å². The van der Waals surface area contributed by atoms with E-state index in [0.717, 1.165) is 5.75 Å². The van der Waals surface area contributed by atoms with Gasteiger partial charge in [0, 0.05) is 23.1 Å². The molecule has 0 radical (unpaired) electrons. The first-order valence-corrected chi connectivity index (χ1v) is 6.13. The number of hydrogen-bond acceptors (Lipinski definition) is 2. The van der Waals surface area contributed by atoms with Gasteiger partial charge in [0.05, 0.1) is 5.37 Å². The zero-order valence-corrected chi connectivity index (χ0v) is 9.90. The highest BCUT2D eigenvalue weighted by molar-refractivity contribution is 8.00. The molecular weight excluding hydrogens is 190 g/mol. The van der Waals surface area contributed by atoms with Gasteiger partial charge in [-0.25, -0.2) is 0 Å². The van der Waals surface area contributed by atoms with Crippen LogP contribution in [0.25, 0.3) is 0 Å². The van der Waals surface area contributed by atoms with Gasteiger partial charge in [-0.05, 0) is 19.4 Å². The van der Waals surface area contributed by atoms with Crippen LogP contribution >= 0.6 is 11.8 Å². The van der Waals surface area contributed by atoms with Crippen molar-refractivity contribution >= 4 is 11.8 Å². The second-order valence-corrected chi connectivity index (χ2v) is 5.07. The van der Waals surface area contributed by atoms with Crippen molar-refractivity contribution in [1.82, 2.24) is 4.90 Å². The van der Waals surface area contributed by atoms with E-state index in [2.05, 4.69) is 44.4 Å². The zero-order chi connectivity index (χ0) is 10.3. The highest BCUT2D eigenvalue weighted by Gasteiger charge is 2.42. The van der Waals surface area contributed by atoms with Gasteiger partial charge in [0.1, 0.15) is 0 Å². The van der Waals surface area contributed by atoms with Crippen LogP contribution in [0, 0.1) is 5.92 Å². The van der Waals surface area contributed by atoms with Gasteiger partial charge < -0.3 is 4.90 Å². The minimum absolute atomic E-state index is 0.650. The van der Waals surface area contributed by atoms with Gasteiger partial charge in [0.2, 0.25) is 0 Å². The third-order valence-corrected chi connectivity index (χ3v) is 4.56. The van der Waals surface area contributed by atoms with E-state index in [4.69, 9.17) is 0 Å². The van der Waals surface area contributed by atoms with Crippen LogP contribution in [0.2, 0.25) is 0 Å². The summed E-state index contributed by atoms with van der Waals surface area (Å²) in [5.41, 5.74) is 4.12. The van der Waals surface area contributed by atoms with E-state index >= 15 is 0 Å². The second-order valence-electron chi connectivity index (χ2n) is 3.96. The lowest BCUT2D eigenvalue weighted by Crippen LogP contribution is -2.51. The topological polar surface area (TPSA) is 3.24 Å². The summed E-state index contributed by atoms with van der Waals surface area (Å²) in [6.07, 6.45) is 4.33. The molecule has 0 N–H and O–H groups in total. The van der Waals surface area contributed by atoms with Gasteiger partial charge in [0.15, 0.2) is 0 Å². The highest BCUT2D eigenvalue weighted by atomic mass is 32.2. The maximum atomic E-state index is 4.13. The van der Waals surface area contributed by atoms with Gasteiger partial charge in [-0.2, -0.15) is 0 Å². The Labute approximate surface area is 90.6 Å². The molecule has 0 spiro atoms. The van der Waals surface area contributed by atoms with Crippen LogP contribution in [-0.2, 0) is 0 Å². The Bertz CT molecular complexity index is 327. The monoisotopic (exact) mass is 207 g/mol. The molecule has 1 nitrogen and oxygen atoms in total. The molecule has 0 bridgehead atoms. The molecule has 2 aliphatic heterocycles. The smallest absolute Gasteiger partial charge is 0.0876 e. The molecule has 0 aromatic heterocycles. The Kier molecular flexibility index (Phi) is 2.48. The number of hydrogen-bond donors (Lipinski definition) is 0. The predicted octanol–water partition coefficient (Wildman–Crippen LogP) is 3.37. The van der Waals surface area contributed by atoms with Gasteiger partial charge in [0.25, 0.3) is 0 Å². The first-order valence-electron chi connectivity index (χ1n) is 5.09. The molecule has 2 unspecified atom stereocenters. The fourth-order valence-electron chi connectivity index (χ4n) is 2.12. The minimum atomic E-state index is 0.650. The Morgan fingerprint density at radius 2 is 2.29 bits per heavy atom. The van der Waals surface area contributed by atoms with Crippen LogP contribution in [0.15, 0.2) is 35.7 Å². The molecular formula is C12H17NS. The summed E-state index contributed by atoms with van der Waals surface area (Å²) in [6, 6.07) is 0. The first kappa shape index (κ1) is 9.91. The van der Waals surface area contributed by atoms with Crippen molar-refractivity contribution in [1.29, 1.82) is 0 Å². The molecule has 2 atom stereocenters. The molecule has 2 rings (SSSR count). The zero-order valence-electron chi connectivity index (χ0n) is 9.08. The fourth-order valence-corrected chi connectivity index (χ4v) is 3.66. The van der Waals surface area contributed by atoms with E-state index in [-0.39, 0.29) is 0 Å².